The molecule has 0 saturated carbocycles. The lowest BCUT2D eigenvalue weighted by molar-refractivity contribution is 0.161. The van der Waals surface area contributed by atoms with Crippen molar-refractivity contribution < 1.29 is 24.6 Å². The Morgan fingerprint density at radius 1 is 1.44 bits per heavy atom. The summed E-state index contributed by atoms with van der Waals surface area (Å²) < 4.78 is 10.1. The molecule has 0 rings (SSSR count). The summed E-state index contributed by atoms with van der Waals surface area (Å²) >= 11 is 0. The molecular formula is C3H9O5P. The van der Waals surface area contributed by atoms with Crippen LogP contribution >= 0.6 is 7.60 Å². The van der Waals surface area contributed by atoms with Crippen LogP contribution in [0, 0.1) is 0 Å². The van der Waals surface area contributed by atoms with E-state index >= 15 is 0 Å². The molecule has 0 saturated heterocycles. The van der Waals surface area contributed by atoms with E-state index in [0.717, 1.165) is 0 Å². The van der Waals surface area contributed by atoms with Gasteiger partial charge in [0.05, 0.1) is 0 Å². The van der Waals surface area contributed by atoms with E-state index < -0.39 is 20.0 Å². The fourth-order valence-electron chi connectivity index (χ4n) is 0.284. The largest absolute Gasteiger partial charge is 0.396 e. The summed E-state index contributed by atoms with van der Waals surface area (Å²) in [6.07, 6.45) is -0.287. The first-order valence-corrected chi connectivity index (χ1v) is 4.00. The summed E-state index contributed by atoms with van der Waals surface area (Å²) in [5.74, 6) is -1.72. The lowest BCUT2D eigenvalue weighted by Crippen LogP contribution is -2.08. The van der Waals surface area contributed by atoms with Gasteiger partial charge in [0.25, 0.3) is 0 Å². The zero-order valence-electron chi connectivity index (χ0n) is 4.64. The highest BCUT2D eigenvalue weighted by Gasteiger charge is 2.24. The van der Waals surface area contributed by atoms with Crippen molar-refractivity contribution >= 4 is 7.60 Å². The van der Waals surface area contributed by atoms with Crippen molar-refractivity contribution in [3.63, 3.8) is 0 Å². The van der Waals surface area contributed by atoms with Gasteiger partial charge >= 0.3 is 7.60 Å². The molecule has 0 amide bonds. The lowest BCUT2D eigenvalue weighted by Gasteiger charge is -2.09. The van der Waals surface area contributed by atoms with E-state index in [4.69, 9.17) is 20.0 Å². The Balaban J connectivity index is 3.74. The maximum absolute atomic E-state index is 10.1. The molecule has 0 aliphatic carbocycles. The van der Waals surface area contributed by atoms with Gasteiger partial charge in [0.2, 0.25) is 0 Å². The highest BCUT2D eigenvalue weighted by atomic mass is 31.2. The zero-order chi connectivity index (χ0) is 7.49. The summed E-state index contributed by atoms with van der Waals surface area (Å²) in [6, 6.07) is 0. The zero-order valence-corrected chi connectivity index (χ0v) is 5.53. The molecule has 0 aliphatic rings. The van der Waals surface area contributed by atoms with Gasteiger partial charge in [0, 0.05) is 13.0 Å². The molecule has 0 aliphatic heterocycles. The standard InChI is InChI=1S/C3H9O5P/c4-2-1-3(5)9(6,7)8/h3-5H,1-2H2,(H2,6,7,8). The van der Waals surface area contributed by atoms with Crippen LogP contribution in [0.1, 0.15) is 6.42 Å². The molecule has 9 heavy (non-hydrogen) atoms. The quantitative estimate of drug-likeness (QED) is 0.387. The SMILES string of the molecule is O=P(O)(O)C(O)CCO. The molecule has 6 heteroatoms. The van der Waals surface area contributed by atoms with Crippen LogP contribution in [0.4, 0.5) is 0 Å². The van der Waals surface area contributed by atoms with Crippen molar-refractivity contribution in [1.82, 2.24) is 0 Å². The minimum Gasteiger partial charge on any atom is -0.396 e. The van der Waals surface area contributed by atoms with E-state index in [0.29, 0.717) is 0 Å². The maximum Gasteiger partial charge on any atom is 0.353 e. The first-order valence-electron chi connectivity index (χ1n) is 2.32. The topological polar surface area (TPSA) is 98.0 Å². The van der Waals surface area contributed by atoms with E-state index in [-0.39, 0.29) is 6.42 Å². The maximum atomic E-state index is 10.1. The molecule has 0 aromatic rings. The third-order valence-electron chi connectivity index (χ3n) is 0.776. The van der Waals surface area contributed by atoms with Gasteiger partial charge in [0.15, 0.2) is 5.85 Å². The summed E-state index contributed by atoms with van der Waals surface area (Å²) in [5.41, 5.74) is 0. The summed E-state index contributed by atoms with van der Waals surface area (Å²) in [6.45, 7) is -0.424. The highest BCUT2D eigenvalue weighted by molar-refractivity contribution is 7.52. The number of hydrogen-bond acceptors (Lipinski definition) is 3. The Bertz CT molecular complexity index is 117. The third kappa shape index (κ3) is 3.61. The van der Waals surface area contributed by atoms with Crippen LogP contribution in [0.5, 0.6) is 0 Å². The highest BCUT2D eigenvalue weighted by Crippen LogP contribution is 2.40. The van der Waals surface area contributed by atoms with Crippen molar-refractivity contribution in [1.29, 1.82) is 0 Å². The van der Waals surface area contributed by atoms with Crippen molar-refractivity contribution in [2.45, 2.75) is 12.3 Å². The van der Waals surface area contributed by atoms with Crippen molar-refractivity contribution in [2.75, 3.05) is 6.61 Å². The van der Waals surface area contributed by atoms with E-state index in [2.05, 4.69) is 0 Å². The van der Waals surface area contributed by atoms with Gasteiger partial charge in [-0.15, -0.1) is 0 Å². The second kappa shape index (κ2) is 3.29. The minimum absolute atomic E-state index is 0.287. The van der Waals surface area contributed by atoms with Gasteiger partial charge < -0.3 is 20.0 Å². The summed E-state index contributed by atoms with van der Waals surface area (Å²) in [5, 5.41) is 16.6. The van der Waals surface area contributed by atoms with Crippen LogP contribution < -0.4 is 0 Å². The lowest BCUT2D eigenvalue weighted by atomic mass is 10.5. The monoisotopic (exact) mass is 156 g/mol. The minimum atomic E-state index is -4.38. The fourth-order valence-corrected chi connectivity index (χ4v) is 0.735. The Hall–Kier alpha value is 0.0700. The number of hydrogen-bond donors (Lipinski definition) is 4. The molecule has 0 aromatic carbocycles. The van der Waals surface area contributed by atoms with Gasteiger partial charge in [-0.3, -0.25) is 4.57 Å². The molecule has 5 nitrogen and oxygen atoms in total. The molecule has 56 valence electrons. The predicted molar refractivity (Wildman–Crippen MR) is 29.8 cm³/mol. The first kappa shape index (κ1) is 9.07. The Labute approximate surface area is 52.1 Å². The second-order valence-electron chi connectivity index (χ2n) is 1.58. The normalized spacial score (nSPS) is 15.6. The smallest absolute Gasteiger partial charge is 0.353 e. The molecule has 1 unspecified atom stereocenters. The van der Waals surface area contributed by atoms with Crippen LogP contribution in [0.2, 0.25) is 0 Å². The first-order chi connectivity index (χ1) is 3.98. The molecule has 0 fully saturated rings. The van der Waals surface area contributed by atoms with Crippen LogP contribution in [0.25, 0.3) is 0 Å². The number of rotatable bonds is 3. The molecule has 0 heterocycles. The van der Waals surface area contributed by atoms with Crippen LogP contribution in [-0.2, 0) is 4.57 Å². The molecule has 0 bridgehead atoms. The second-order valence-corrected chi connectivity index (χ2v) is 3.36. The molecule has 0 spiro atoms. The Morgan fingerprint density at radius 2 is 1.89 bits per heavy atom. The Morgan fingerprint density at radius 3 is 2.00 bits per heavy atom. The van der Waals surface area contributed by atoms with Gasteiger partial charge in [-0.2, -0.15) is 0 Å². The molecule has 0 radical (unpaired) electrons. The third-order valence-corrected chi connectivity index (χ3v) is 1.81. The van der Waals surface area contributed by atoms with Gasteiger partial charge in [-0.1, -0.05) is 0 Å². The molecular weight excluding hydrogens is 147 g/mol. The molecule has 0 aromatic heterocycles. The molecule has 4 N–H and O–H groups in total. The van der Waals surface area contributed by atoms with Gasteiger partial charge in [-0.05, 0) is 0 Å². The van der Waals surface area contributed by atoms with Gasteiger partial charge in [-0.25, -0.2) is 0 Å². The Kier molecular flexibility index (Phi) is 3.32. The van der Waals surface area contributed by atoms with Crippen LogP contribution in [-0.4, -0.2) is 32.5 Å². The molecule has 1 atom stereocenters. The summed E-state index contributed by atoms with van der Waals surface area (Å²) in [7, 11) is -4.38. The van der Waals surface area contributed by atoms with E-state index in [9.17, 15) is 4.57 Å². The fraction of sp³-hybridized carbons (Fsp3) is 1.00. The average molecular weight is 156 g/mol. The van der Waals surface area contributed by atoms with Gasteiger partial charge in [0.1, 0.15) is 0 Å². The van der Waals surface area contributed by atoms with Crippen LogP contribution in [0.15, 0.2) is 0 Å². The van der Waals surface area contributed by atoms with E-state index in [1.807, 2.05) is 0 Å². The van der Waals surface area contributed by atoms with Crippen LogP contribution in [0.3, 0.4) is 0 Å². The number of aliphatic hydroxyl groups is 2. The van der Waals surface area contributed by atoms with Crippen molar-refractivity contribution in [2.24, 2.45) is 0 Å². The van der Waals surface area contributed by atoms with E-state index in [1.165, 1.54) is 0 Å². The van der Waals surface area contributed by atoms with Crippen molar-refractivity contribution in [3.05, 3.63) is 0 Å². The predicted octanol–water partition coefficient (Wildman–Crippen LogP) is -1.14. The van der Waals surface area contributed by atoms with Crippen molar-refractivity contribution in [3.8, 4) is 0 Å². The average Bonchev–Trinajstić information content (AvgIpc) is 1.64. The van der Waals surface area contributed by atoms with E-state index in [1.54, 1.807) is 0 Å². The number of aliphatic hydroxyl groups excluding tert-OH is 2. The summed E-state index contributed by atoms with van der Waals surface area (Å²) in [4.78, 5) is 16.3.